The molecule has 2 aliphatic rings. The van der Waals surface area contributed by atoms with Crippen molar-refractivity contribution < 1.29 is 9.84 Å². The summed E-state index contributed by atoms with van der Waals surface area (Å²) >= 11 is 0. The van der Waals surface area contributed by atoms with Crippen LogP contribution in [0.5, 0.6) is 0 Å². The van der Waals surface area contributed by atoms with Crippen molar-refractivity contribution in [3.8, 4) is 0 Å². The minimum Gasteiger partial charge on any atom is -0.393 e. The first-order valence-electron chi connectivity index (χ1n) is 4.94. The van der Waals surface area contributed by atoms with Crippen LogP contribution in [-0.2, 0) is 4.74 Å². The zero-order valence-electron chi connectivity index (χ0n) is 7.92. The number of hydrogen-bond acceptors (Lipinski definition) is 2. The van der Waals surface area contributed by atoms with E-state index in [-0.39, 0.29) is 11.7 Å². The fourth-order valence-electron chi connectivity index (χ4n) is 2.39. The van der Waals surface area contributed by atoms with Gasteiger partial charge in [0.2, 0.25) is 0 Å². The molecule has 12 heavy (non-hydrogen) atoms. The molecule has 2 nitrogen and oxygen atoms in total. The Morgan fingerprint density at radius 2 is 2.08 bits per heavy atom. The summed E-state index contributed by atoms with van der Waals surface area (Å²) in [6.45, 7) is 5.19. The summed E-state index contributed by atoms with van der Waals surface area (Å²) in [4.78, 5) is 0. The third-order valence-electron chi connectivity index (χ3n) is 3.46. The average molecular weight is 170 g/mol. The lowest BCUT2D eigenvalue weighted by Crippen LogP contribution is -2.37. The van der Waals surface area contributed by atoms with Gasteiger partial charge < -0.3 is 9.84 Å². The average Bonchev–Trinajstić information content (AvgIpc) is 2.68. The molecule has 70 valence electrons. The number of ether oxygens (including phenoxy) is 1. The van der Waals surface area contributed by atoms with Gasteiger partial charge in [-0.05, 0) is 25.7 Å². The van der Waals surface area contributed by atoms with Gasteiger partial charge in [0.1, 0.15) is 0 Å². The zero-order valence-corrected chi connectivity index (χ0v) is 7.92. The van der Waals surface area contributed by atoms with Crippen molar-refractivity contribution in [3.63, 3.8) is 0 Å². The second kappa shape index (κ2) is 2.71. The molecule has 0 spiro atoms. The molecule has 1 saturated carbocycles. The Bertz CT molecular complexity index is 175. The van der Waals surface area contributed by atoms with E-state index in [2.05, 4.69) is 13.8 Å². The summed E-state index contributed by atoms with van der Waals surface area (Å²) in [5, 5.41) is 9.83. The van der Waals surface area contributed by atoms with Crippen molar-refractivity contribution in [2.75, 3.05) is 6.61 Å². The highest BCUT2D eigenvalue weighted by Crippen LogP contribution is 2.44. The van der Waals surface area contributed by atoms with Gasteiger partial charge in [-0.25, -0.2) is 0 Å². The van der Waals surface area contributed by atoms with Crippen LogP contribution in [0, 0.1) is 11.8 Å². The maximum atomic E-state index is 9.83. The highest BCUT2D eigenvalue weighted by Gasteiger charge is 2.50. The predicted octanol–water partition coefficient (Wildman–Crippen LogP) is 1.57. The number of hydrogen-bond donors (Lipinski definition) is 1. The molecule has 1 aliphatic heterocycles. The summed E-state index contributed by atoms with van der Waals surface area (Å²) in [7, 11) is 0. The van der Waals surface area contributed by atoms with Crippen LogP contribution in [0.25, 0.3) is 0 Å². The largest absolute Gasteiger partial charge is 0.393 e. The lowest BCUT2D eigenvalue weighted by atomic mass is 9.75. The minimum atomic E-state index is -0.124. The first-order valence-corrected chi connectivity index (χ1v) is 4.94. The SMILES string of the molecule is C[C@@H]1CC[C@@H](C2(C)CO2)[C@@H](O)C1. The Balaban J connectivity index is 1.98. The van der Waals surface area contributed by atoms with E-state index in [4.69, 9.17) is 4.74 Å². The second-order valence-electron chi connectivity index (χ2n) is 4.69. The van der Waals surface area contributed by atoms with E-state index in [9.17, 15) is 5.11 Å². The molecule has 1 N–H and O–H groups in total. The van der Waals surface area contributed by atoms with Crippen LogP contribution in [0.15, 0.2) is 0 Å². The van der Waals surface area contributed by atoms with E-state index in [1.165, 1.54) is 6.42 Å². The summed E-state index contributed by atoms with van der Waals surface area (Å²) < 4.78 is 5.38. The van der Waals surface area contributed by atoms with Crippen molar-refractivity contribution >= 4 is 0 Å². The normalized spacial score (nSPS) is 53.8. The van der Waals surface area contributed by atoms with E-state index in [1.54, 1.807) is 0 Å². The number of epoxide rings is 1. The molecule has 0 aromatic heterocycles. The molecule has 1 saturated heterocycles. The Morgan fingerprint density at radius 3 is 2.58 bits per heavy atom. The molecule has 2 fully saturated rings. The van der Waals surface area contributed by atoms with Gasteiger partial charge in [-0.15, -0.1) is 0 Å². The van der Waals surface area contributed by atoms with Gasteiger partial charge in [-0.2, -0.15) is 0 Å². The summed E-state index contributed by atoms with van der Waals surface area (Å²) in [6.07, 6.45) is 3.23. The Kier molecular flexibility index (Phi) is 1.92. The lowest BCUT2D eigenvalue weighted by Gasteiger charge is -2.33. The maximum absolute atomic E-state index is 9.83. The first-order chi connectivity index (χ1) is 5.62. The standard InChI is InChI=1S/C10H18O2/c1-7-3-4-8(9(11)5-7)10(2)6-12-10/h7-9,11H,3-6H2,1-2H3/t7-,8-,9+,10?/m1/s1. The van der Waals surface area contributed by atoms with E-state index in [0.29, 0.717) is 11.8 Å². The predicted molar refractivity (Wildman–Crippen MR) is 46.9 cm³/mol. The smallest absolute Gasteiger partial charge is 0.0941 e. The van der Waals surface area contributed by atoms with Gasteiger partial charge in [0.05, 0.1) is 18.3 Å². The van der Waals surface area contributed by atoms with Gasteiger partial charge in [-0.1, -0.05) is 13.3 Å². The zero-order chi connectivity index (χ0) is 8.77. The lowest BCUT2D eigenvalue weighted by molar-refractivity contribution is 0.0103. The van der Waals surface area contributed by atoms with Crippen LogP contribution in [0.3, 0.4) is 0 Å². The summed E-state index contributed by atoms with van der Waals surface area (Å²) in [5.41, 5.74) is 0.0273. The molecule has 0 aromatic rings. The van der Waals surface area contributed by atoms with Gasteiger partial charge in [0, 0.05) is 5.92 Å². The topological polar surface area (TPSA) is 32.8 Å². The van der Waals surface area contributed by atoms with Gasteiger partial charge in [0.25, 0.3) is 0 Å². The molecule has 1 heterocycles. The molecule has 0 bridgehead atoms. The van der Waals surface area contributed by atoms with Crippen LogP contribution < -0.4 is 0 Å². The molecule has 1 unspecified atom stereocenters. The van der Waals surface area contributed by atoms with E-state index in [0.717, 1.165) is 19.4 Å². The molecule has 2 heteroatoms. The second-order valence-corrected chi connectivity index (χ2v) is 4.69. The Morgan fingerprint density at radius 1 is 1.42 bits per heavy atom. The molecule has 2 rings (SSSR count). The van der Waals surface area contributed by atoms with Crippen molar-refractivity contribution in [1.82, 2.24) is 0 Å². The summed E-state index contributed by atoms with van der Waals surface area (Å²) in [5.74, 6) is 1.09. The van der Waals surface area contributed by atoms with Crippen LogP contribution in [0.4, 0.5) is 0 Å². The van der Waals surface area contributed by atoms with Crippen molar-refractivity contribution in [1.29, 1.82) is 0 Å². The Labute approximate surface area is 73.9 Å². The van der Waals surface area contributed by atoms with Crippen molar-refractivity contribution in [2.24, 2.45) is 11.8 Å². The quantitative estimate of drug-likeness (QED) is 0.606. The third kappa shape index (κ3) is 1.38. The third-order valence-corrected chi connectivity index (χ3v) is 3.46. The van der Waals surface area contributed by atoms with Crippen molar-refractivity contribution in [2.45, 2.75) is 44.8 Å². The highest BCUT2D eigenvalue weighted by atomic mass is 16.6. The minimum absolute atomic E-state index is 0.0273. The molecule has 0 aromatic carbocycles. The molecular weight excluding hydrogens is 152 g/mol. The fourth-order valence-corrected chi connectivity index (χ4v) is 2.39. The number of aliphatic hydroxyl groups excluding tert-OH is 1. The van der Waals surface area contributed by atoms with Gasteiger partial charge in [0.15, 0.2) is 0 Å². The molecule has 1 aliphatic carbocycles. The van der Waals surface area contributed by atoms with Crippen LogP contribution in [0.2, 0.25) is 0 Å². The monoisotopic (exact) mass is 170 g/mol. The maximum Gasteiger partial charge on any atom is 0.0941 e. The van der Waals surface area contributed by atoms with Gasteiger partial charge in [-0.3, -0.25) is 0 Å². The van der Waals surface area contributed by atoms with E-state index < -0.39 is 0 Å². The molecule has 0 amide bonds. The highest BCUT2D eigenvalue weighted by molar-refractivity contribution is 4.99. The van der Waals surface area contributed by atoms with Gasteiger partial charge >= 0.3 is 0 Å². The molecule has 4 atom stereocenters. The fraction of sp³-hybridized carbons (Fsp3) is 1.00. The van der Waals surface area contributed by atoms with Crippen LogP contribution in [-0.4, -0.2) is 23.4 Å². The first kappa shape index (κ1) is 8.52. The number of rotatable bonds is 1. The molecular formula is C10H18O2. The number of aliphatic hydroxyl groups is 1. The van der Waals surface area contributed by atoms with Crippen LogP contribution in [0.1, 0.15) is 33.1 Å². The van der Waals surface area contributed by atoms with E-state index >= 15 is 0 Å². The summed E-state index contributed by atoms with van der Waals surface area (Å²) in [6, 6.07) is 0. The molecule has 0 radical (unpaired) electrons. The van der Waals surface area contributed by atoms with Crippen molar-refractivity contribution in [3.05, 3.63) is 0 Å². The van der Waals surface area contributed by atoms with E-state index in [1.807, 2.05) is 0 Å². The van der Waals surface area contributed by atoms with Crippen LogP contribution >= 0.6 is 0 Å². The Hall–Kier alpha value is -0.0800.